The van der Waals surface area contributed by atoms with E-state index in [0.717, 1.165) is 22.4 Å². The molecule has 136 valence electrons. The van der Waals surface area contributed by atoms with Crippen LogP contribution in [0.1, 0.15) is 32.6 Å². The van der Waals surface area contributed by atoms with E-state index in [1.807, 2.05) is 32.9 Å². The number of carboxylic acids is 1. The Labute approximate surface area is 152 Å². The first-order chi connectivity index (χ1) is 12.3. The average molecular weight is 354 g/mol. The highest BCUT2D eigenvalue weighted by Gasteiger charge is 2.14. The summed E-state index contributed by atoms with van der Waals surface area (Å²) in [5.74, 6) is -1.83. The first kappa shape index (κ1) is 19.2. The molecule has 6 heteroatoms. The van der Waals surface area contributed by atoms with Crippen molar-refractivity contribution in [2.45, 2.75) is 27.2 Å². The number of carbonyl (C=O) groups is 3. The number of carbonyl (C=O) groups excluding carboxylic acids is 2. The zero-order valence-electron chi connectivity index (χ0n) is 15.1. The molecule has 0 bridgehead atoms. The summed E-state index contributed by atoms with van der Waals surface area (Å²) < 4.78 is 0. The van der Waals surface area contributed by atoms with Crippen LogP contribution in [-0.2, 0) is 16.0 Å². The molecule has 0 saturated heterocycles. The van der Waals surface area contributed by atoms with Gasteiger partial charge in [-0.15, -0.1) is 0 Å². The number of benzene rings is 2. The molecule has 0 heterocycles. The van der Waals surface area contributed by atoms with Gasteiger partial charge in [-0.25, -0.2) is 4.79 Å². The molecule has 0 aromatic heterocycles. The lowest BCUT2D eigenvalue weighted by Crippen LogP contribution is -2.34. The number of hydrogen-bond acceptors (Lipinski definition) is 3. The SMILES string of the molecule is Cc1cc(C)c(NC(=O)CNC(=O)Cc2ccccc2C(=O)O)c(C)c1. The number of amides is 2. The molecule has 26 heavy (non-hydrogen) atoms. The van der Waals surface area contributed by atoms with Crippen molar-refractivity contribution >= 4 is 23.5 Å². The molecule has 0 radical (unpaired) electrons. The van der Waals surface area contributed by atoms with Crippen LogP contribution in [-0.4, -0.2) is 29.4 Å². The van der Waals surface area contributed by atoms with Crippen molar-refractivity contribution in [2.24, 2.45) is 0 Å². The summed E-state index contributed by atoms with van der Waals surface area (Å²) in [4.78, 5) is 35.3. The Morgan fingerprint density at radius 3 is 2.19 bits per heavy atom. The molecule has 0 aliphatic rings. The van der Waals surface area contributed by atoms with Gasteiger partial charge in [0.05, 0.1) is 18.5 Å². The highest BCUT2D eigenvalue weighted by Crippen LogP contribution is 2.21. The van der Waals surface area contributed by atoms with Gasteiger partial charge in [0.1, 0.15) is 0 Å². The van der Waals surface area contributed by atoms with Gasteiger partial charge >= 0.3 is 5.97 Å². The third-order valence-electron chi connectivity index (χ3n) is 3.99. The maximum absolute atomic E-state index is 12.1. The van der Waals surface area contributed by atoms with Crippen LogP contribution >= 0.6 is 0 Å². The van der Waals surface area contributed by atoms with Crippen molar-refractivity contribution < 1.29 is 19.5 Å². The fourth-order valence-corrected chi connectivity index (χ4v) is 2.86. The molecule has 2 aromatic carbocycles. The largest absolute Gasteiger partial charge is 0.478 e. The molecule has 0 aliphatic carbocycles. The molecule has 3 N–H and O–H groups in total. The highest BCUT2D eigenvalue weighted by atomic mass is 16.4. The van der Waals surface area contributed by atoms with Crippen LogP contribution in [0.4, 0.5) is 5.69 Å². The lowest BCUT2D eigenvalue weighted by Gasteiger charge is -2.13. The summed E-state index contributed by atoms with van der Waals surface area (Å²) in [6.45, 7) is 5.63. The average Bonchev–Trinajstić information content (AvgIpc) is 2.56. The molecule has 0 aliphatic heterocycles. The van der Waals surface area contributed by atoms with Crippen molar-refractivity contribution in [3.8, 4) is 0 Å². The maximum atomic E-state index is 12.1. The predicted octanol–water partition coefficient (Wildman–Crippen LogP) is 2.61. The van der Waals surface area contributed by atoms with Crippen LogP contribution in [0.3, 0.4) is 0 Å². The molecule has 0 unspecified atom stereocenters. The summed E-state index contributed by atoms with van der Waals surface area (Å²) in [7, 11) is 0. The number of rotatable bonds is 6. The molecule has 0 atom stereocenters. The standard InChI is InChI=1S/C20H22N2O4/c1-12-8-13(2)19(14(3)9-12)22-18(24)11-21-17(23)10-15-6-4-5-7-16(15)20(25)26/h4-9H,10-11H2,1-3H3,(H,21,23)(H,22,24)(H,25,26). The Hall–Kier alpha value is -3.15. The summed E-state index contributed by atoms with van der Waals surface area (Å²) in [5, 5.41) is 14.5. The van der Waals surface area contributed by atoms with E-state index in [9.17, 15) is 14.4 Å². The van der Waals surface area contributed by atoms with Crippen molar-refractivity contribution in [3.05, 3.63) is 64.2 Å². The Balaban J connectivity index is 1.94. The Kier molecular flexibility index (Phi) is 6.11. The fourth-order valence-electron chi connectivity index (χ4n) is 2.86. The van der Waals surface area contributed by atoms with E-state index in [-0.39, 0.29) is 24.4 Å². The van der Waals surface area contributed by atoms with Gasteiger partial charge in [-0.2, -0.15) is 0 Å². The molecule has 6 nitrogen and oxygen atoms in total. The van der Waals surface area contributed by atoms with Gasteiger partial charge in [-0.3, -0.25) is 9.59 Å². The molecular formula is C20H22N2O4. The van der Waals surface area contributed by atoms with Crippen molar-refractivity contribution in [1.29, 1.82) is 0 Å². The molecule has 2 amide bonds. The van der Waals surface area contributed by atoms with Crippen molar-refractivity contribution in [3.63, 3.8) is 0 Å². The minimum Gasteiger partial charge on any atom is -0.478 e. The summed E-state index contributed by atoms with van der Waals surface area (Å²) in [6, 6.07) is 10.3. The minimum absolute atomic E-state index is 0.0815. The van der Waals surface area contributed by atoms with E-state index in [1.165, 1.54) is 6.07 Å². The van der Waals surface area contributed by atoms with Gasteiger partial charge in [0.15, 0.2) is 0 Å². The second-order valence-electron chi connectivity index (χ2n) is 6.24. The fraction of sp³-hybridized carbons (Fsp3) is 0.250. The van der Waals surface area contributed by atoms with Gasteiger partial charge in [-0.1, -0.05) is 35.9 Å². The Bertz CT molecular complexity index is 836. The van der Waals surface area contributed by atoms with E-state index in [4.69, 9.17) is 5.11 Å². The molecule has 0 spiro atoms. The summed E-state index contributed by atoms with van der Waals surface area (Å²) in [5.41, 5.74) is 4.26. The Morgan fingerprint density at radius 1 is 0.962 bits per heavy atom. The van der Waals surface area contributed by atoms with Crippen LogP contribution < -0.4 is 10.6 Å². The molecule has 2 rings (SSSR count). The third kappa shape index (κ3) is 4.92. The van der Waals surface area contributed by atoms with Crippen LogP contribution in [0.2, 0.25) is 0 Å². The number of aryl methyl sites for hydroxylation is 3. The topological polar surface area (TPSA) is 95.5 Å². The van der Waals surface area contributed by atoms with E-state index in [1.54, 1.807) is 18.2 Å². The third-order valence-corrected chi connectivity index (χ3v) is 3.99. The van der Waals surface area contributed by atoms with Crippen LogP contribution in [0.5, 0.6) is 0 Å². The van der Waals surface area contributed by atoms with Crippen molar-refractivity contribution in [2.75, 3.05) is 11.9 Å². The van der Waals surface area contributed by atoms with Gasteiger partial charge in [-0.05, 0) is 43.5 Å². The second-order valence-corrected chi connectivity index (χ2v) is 6.24. The predicted molar refractivity (Wildman–Crippen MR) is 99.4 cm³/mol. The minimum atomic E-state index is -1.09. The zero-order chi connectivity index (χ0) is 19.3. The first-order valence-corrected chi connectivity index (χ1v) is 8.23. The van der Waals surface area contributed by atoms with Crippen LogP contribution in [0.15, 0.2) is 36.4 Å². The monoisotopic (exact) mass is 354 g/mol. The molecule has 0 fully saturated rings. The number of carboxylic acid groups (broad SMARTS) is 1. The van der Waals surface area contributed by atoms with E-state index in [0.29, 0.717) is 5.56 Å². The maximum Gasteiger partial charge on any atom is 0.335 e. The summed E-state index contributed by atoms with van der Waals surface area (Å²) in [6.07, 6.45) is -0.0989. The molecular weight excluding hydrogens is 332 g/mol. The number of aromatic carboxylic acids is 1. The van der Waals surface area contributed by atoms with E-state index in [2.05, 4.69) is 10.6 Å². The lowest BCUT2D eigenvalue weighted by atomic mass is 10.0. The van der Waals surface area contributed by atoms with Crippen LogP contribution in [0.25, 0.3) is 0 Å². The van der Waals surface area contributed by atoms with Crippen LogP contribution in [0, 0.1) is 20.8 Å². The highest BCUT2D eigenvalue weighted by molar-refractivity contribution is 5.96. The number of hydrogen-bond donors (Lipinski definition) is 3. The van der Waals surface area contributed by atoms with Gasteiger partial charge < -0.3 is 15.7 Å². The second kappa shape index (κ2) is 8.29. The quantitative estimate of drug-likeness (QED) is 0.743. The van der Waals surface area contributed by atoms with E-state index >= 15 is 0 Å². The van der Waals surface area contributed by atoms with Gasteiger partial charge in [0, 0.05) is 5.69 Å². The van der Waals surface area contributed by atoms with Gasteiger partial charge in [0.2, 0.25) is 11.8 Å². The number of anilines is 1. The lowest BCUT2D eigenvalue weighted by molar-refractivity contribution is -0.123. The first-order valence-electron chi connectivity index (χ1n) is 8.23. The van der Waals surface area contributed by atoms with Crippen molar-refractivity contribution in [1.82, 2.24) is 5.32 Å². The van der Waals surface area contributed by atoms with E-state index < -0.39 is 11.9 Å². The Morgan fingerprint density at radius 2 is 1.58 bits per heavy atom. The normalized spacial score (nSPS) is 10.3. The molecule has 2 aromatic rings. The smallest absolute Gasteiger partial charge is 0.335 e. The zero-order valence-corrected chi connectivity index (χ0v) is 15.1. The van der Waals surface area contributed by atoms with Gasteiger partial charge in [0.25, 0.3) is 0 Å². The number of nitrogens with one attached hydrogen (secondary N) is 2. The molecule has 0 saturated carbocycles. The summed E-state index contributed by atoms with van der Waals surface area (Å²) >= 11 is 0.